The van der Waals surface area contributed by atoms with E-state index in [9.17, 15) is 13.2 Å². The fraction of sp³-hybridized carbons (Fsp3) is 0.333. The van der Waals surface area contributed by atoms with Crippen molar-refractivity contribution < 1.29 is 13.2 Å². The van der Waals surface area contributed by atoms with Crippen LogP contribution in [-0.4, -0.2) is 6.18 Å². The Hall–Kier alpha value is -1.77. The third-order valence-electron chi connectivity index (χ3n) is 3.75. The molecule has 0 saturated carbocycles. The van der Waals surface area contributed by atoms with Gasteiger partial charge in [0, 0.05) is 0 Å². The lowest BCUT2D eigenvalue weighted by atomic mass is 9.85. The highest BCUT2D eigenvalue weighted by atomic mass is 19.4. The molecule has 21 heavy (non-hydrogen) atoms. The number of hydrogen-bond donors (Lipinski definition) is 0. The van der Waals surface area contributed by atoms with Gasteiger partial charge in [0.2, 0.25) is 0 Å². The van der Waals surface area contributed by atoms with Gasteiger partial charge in [-0.05, 0) is 30.0 Å². The van der Waals surface area contributed by atoms with Crippen molar-refractivity contribution in [3.05, 3.63) is 59.7 Å². The summed E-state index contributed by atoms with van der Waals surface area (Å²) in [6, 6.07) is 15.4. The van der Waals surface area contributed by atoms with Crippen LogP contribution in [0.1, 0.15) is 25.0 Å². The molecule has 0 N–H and O–H groups in total. The zero-order chi connectivity index (χ0) is 15.7. The van der Waals surface area contributed by atoms with Gasteiger partial charge in [0.15, 0.2) is 0 Å². The fourth-order valence-electron chi connectivity index (χ4n) is 2.17. The maximum atomic E-state index is 12.9. The number of hydrogen-bond acceptors (Lipinski definition) is 0. The molecule has 0 fully saturated rings. The summed E-state index contributed by atoms with van der Waals surface area (Å²) < 4.78 is 38.7. The van der Waals surface area contributed by atoms with Gasteiger partial charge in [0.05, 0.1) is 5.41 Å². The van der Waals surface area contributed by atoms with Crippen LogP contribution in [0.4, 0.5) is 13.2 Å². The third-order valence-corrected chi connectivity index (χ3v) is 3.75. The third kappa shape index (κ3) is 3.66. The summed E-state index contributed by atoms with van der Waals surface area (Å²) in [5, 5.41) is 0. The molecule has 0 aliphatic heterocycles. The van der Waals surface area contributed by atoms with Crippen molar-refractivity contribution in [3.8, 4) is 11.1 Å². The zero-order valence-corrected chi connectivity index (χ0v) is 12.5. The van der Waals surface area contributed by atoms with Gasteiger partial charge in [-0.25, -0.2) is 0 Å². The molecule has 0 bridgehead atoms. The van der Waals surface area contributed by atoms with E-state index >= 15 is 0 Å². The first-order valence-corrected chi connectivity index (χ1v) is 6.92. The molecular weight excluding hydrogens is 273 g/mol. The van der Waals surface area contributed by atoms with E-state index < -0.39 is 11.6 Å². The molecule has 0 radical (unpaired) electrons. The van der Waals surface area contributed by atoms with Crippen LogP contribution in [-0.2, 0) is 6.42 Å². The topological polar surface area (TPSA) is 0 Å². The highest BCUT2D eigenvalue weighted by Crippen LogP contribution is 2.40. The van der Waals surface area contributed by atoms with Gasteiger partial charge in [-0.3, -0.25) is 0 Å². The van der Waals surface area contributed by atoms with Crippen molar-refractivity contribution in [1.82, 2.24) is 0 Å². The molecule has 112 valence electrons. The van der Waals surface area contributed by atoms with E-state index in [1.165, 1.54) is 19.4 Å². The van der Waals surface area contributed by atoms with Crippen molar-refractivity contribution >= 4 is 0 Å². The van der Waals surface area contributed by atoms with Crippen LogP contribution < -0.4 is 0 Å². The quantitative estimate of drug-likeness (QED) is 0.671. The SMILES string of the molecule is Cc1ccc(-c2ccc(CC(C)(C)C(F)(F)F)cc2)cc1. The number of aryl methyl sites for hydroxylation is 1. The summed E-state index contributed by atoms with van der Waals surface area (Å²) in [4.78, 5) is 0. The second-order valence-electron chi connectivity index (χ2n) is 6.12. The molecule has 0 unspecified atom stereocenters. The first kappa shape index (κ1) is 15.6. The summed E-state index contributed by atoms with van der Waals surface area (Å²) in [6.45, 7) is 4.49. The molecule has 0 nitrogen and oxygen atoms in total. The van der Waals surface area contributed by atoms with Crippen LogP contribution in [0, 0.1) is 12.3 Å². The van der Waals surface area contributed by atoms with Gasteiger partial charge in [-0.1, -0.05) is 67.9 Å². The van der Waals surface area contributed by atoms with E-state index in [4.69, 9.17) is 0 Å². The second kappa shape index (κ2) is 5.55. The molecule has 2 rings (SSSR count). The first-order chi connectivity index (χ1) is 9.69. The molecule has 0 amide bonds. The minimum absolute atomic E-state index is 0.00925. The minimum Gasteiger partial charge on any atom is -0.171 e. The average Bonchev–Trinajstić information content (AvgIpc) is 2.39. The minimum atomic E-state index is -4.19. The van der Waals surface area contributed by atoms with Crippen molar-refractivity contribution in [1.29, 1.82) is 0 Å². The molecule has 0 atom stereocenters. The van der Waals surface area contributed by atoms with Crippen LogP contribution in [0.3, 0.4) is 0 Å². The van der Waals surface area contributed by atoms with Crippen molar-refractivity contribution in [2.24, 2.45) is 5.41 Å². The van der Waals surface area contributed by atoms with Crippen LogP contribution in [0.2, 0.25) is 0 Å². The van der Waals surface area contributed by atoms with E-state index in [-0.39, 0.29) is 6.42 Å². The lowest BCUT2D eigenvalue weighted by molar-refractivity contribution is -0.211. The van der Waals surface area contributed by atoms with Crippen molar-refractivity contribution in [3.63, 3.8) is 0 Å². The summed E-state index contributed by atoms with van der Waals surface area (Å²) in [7, 11) is 0. The fourth-order valence-corrected chi connectivity index (χ4v) is 2.17. The summed E-state index contributed by atoms with van der Waals surface area (Å²) in [5.41, 5.74) is 2.26. The number of benzene rings is 2. The predicted molar refractivity (Wildman–Crippen MR) is 80.2 cm³/mol. The lowest BCUT2D eigenvalue weighted by Crippen LogP contribution is -2.34. The van der Waals surface area contributed by atoms with E-state index in [1.54, 1.807) is 12.1 Å². The molecule has 0 aliphatic carbocycles. The van der Waals surface area contributed by atoms with Gasteiger partial charge in [0.25, 0.3) is 0 Å². The molecule has 2 aromatic carbocycles. The summed E-state index contributed by atoms with van der Waals surface area (Å²) in [5.74, 6) is 0. The highest BCUT2D eigenvalue weighted by molar-refractivity contribution is 5.63. The largest absolute Gasteiger partial charge is 0.394 e. The number of rotatable bonds is 3. The Morgan fingerprint density at radius 1 is 0.762 bits per heavy atom. The van der Waals surface area contributed by atoms with Crippen LogP contribution in [0.5, 0.6) is 0 Å². The van der Waals surface area contributed by atoms with E-state index in [1.807, 2.05) is 43.3 Å². The Balaban J connectivity index is 2.18. The predicted octanol–water partition coefficient (Wildman–Crippen LogP) is 5.79. The molecule has 0 aliphatic rings. The molecule has 0 saturated heterocycles. The Kier molecular flexibility index (Phi) is 4.13. The number of halogens is 3. The van der Waals surface area contributed by atoms with Crippen LogP contribution >= 0.6 is 0 Å². The van der Waals surface area contributed by atoms with E-state index in [0.717, 1.165) is 11.1 Å². The normalized spacial score (nSPS) is 12.5. The van der Waals surface area contributed by atoms with Gasteiger partial charge >= 0.3 is 6.18 Å². The lowest BCUT2D eigenvalue weighted by Gasteiger charge is -2.27. The second-order valence-corrected chi connectivity index (χ2v) is 6.12. The molecule has 0 spiro atoms. The Labute approximate surface area is 123 Å². The van der Waals surface area contributed by atoms with Crippen LogP contribution in [0.15, 0.2) is 48.5 Å². The smallest absolute Gasteiger partial charge is 0.171 e. The Morgan fingerprint density at radius 2 is 1.19 bits per heavy atom. The van der Waals surface area contributed by atoms with E-state index in [2.05, 4.69) is 0 Å². The summed E-state index contributed by atoms with van der Waals surface area (Å²) >= 11 is 0. The van der Waals surface area contributed by atoms with Gasteiger partial charge in [-0.15, -0.1) is 0 Å². The zero-order valence-electron chi connectivity index (χ0n) is 12.5. The van der Waals surface area contributed by atoms with E-state index in [0.29, 0.717) is 5.56 Å². The molecule has 0 heterocycles. The molecular formula is C18H19F3. The monoisotopic (exact) mass is 292 g/mol. The Morgan fingerprint density at radius 3 is 1.62 bits per heavy atom. The maximum absolute atomic E-state index is 12.9. The maximum Gasteiger partial charge on any atom is 0.394 e. The van der Waals surface area contributed by atoms with Gasteiger partial charge in [0.1, 0.15) is 0 Å². The van der Waals surface area contributed by atoms with Crippen molar-refractivity contribution in [2.75, 3.05) is 0 Å². The molecule has 0 aromatic heterocycles. The Bertz CT molecular complexity index is 590. The first-order valence-electron chi connectivity index (χ1n) is 6.92. The molecule has 3 heteroatoms. The van der Waals surface area contributed by atoms with Crippen molar-refractivity contribution in [2.45, 2.75) is 33.4 Å². The van der Waals surface area contributed by atoms with Gasteiger partial charge < -0.3 is 0 Å². The highest BCUT2D eigenvalue weighted by Gasteiger charge is 2.46. The number of alkyl halides is 3. The standard InChI is InChI=1S/C18H19F3/c1-13-4-8-15(9-5-13)16-10-6-14(7-11-16)12-17(2,3)18(19,20)21/h4-11H,12H2,1-3H3. The van der Waals surface area contributed by atoms with Gasteiger partial charge in [-0.2, -0.15) is 13.2 Å². The average molecular weight is 292 g/mol. The van der Waals surface area contributed by atoms with Crippen LogP contribution in [0.25, 0.3) is 11.1 Å². The summed E-state index contributed by atoms with van der Waals surface area (Å²) in [6.07, 6.45) is -4.20. The molecule has 2 aromatic rings.